The van der Waals surface area contributed by atoms with E-state index in [1.54, 1.807) is 0 Å². The van der Waals surface area contributed by atoms with E-state index in [1.165, 1.54) is 38.2 Å². The van der Waals surface area contributed by atoms with Crippen LogP contribution in [0.5, 0.6) is 0 Å². The Kier molecular flexibility index (Phi) is 7.83. The fraction of sp³-hybridized carbons (Fsp3) is 0.722. The van der Waals surface area contributed by atoms with Gasteiger partial charge in [0.25, 0.3) is 0 Å². The Labute approximate surface area is 125 Å². The maximum absolute atomic E-state index is 4.41. The smallest absolute Gasteiger partial charge is 0.0409 e. The maximum Gasteiger partial charge on any atom is 0.0409 e. The normalized spacial score (nSPS) is 15.6. The van der Waals surface area contributed by atoms with Crippen molar-refractivity contribution in [3.63, 3.8) is 0 Å². The highest BCUT2D eigenvalue weighted by Crippen LogP contribution is 2.09. The third-order valence-corrected chi connectivity index (χ3v) is 3.39. The van der Waals surface area contributed by atoms with Crippen LogP contribution in [0.2, 0.25) is 0 Å². The van der Waals surface area contributed by atoms with E-state index in [0.717, 1.165) is 18.0 Å². The highest BCUT2D eigenvalue weighted by atomic mass is 15.1. The SMILES string of the molecule is CC(C)CN1CCCC1.Cc1cccc(CC(C)C)n1. The number of hydrogen-bond acceptors (Lipinski definition) is 2. The van der Waals surface area contributed by atoms with Crippen molar-refractivity contribution in [2.75, 3.05) is 19.6 Å². The molecule has 0 unspecified atom stereocenters. The van der Waals surface area contributed by atoms with Crippen molar-refractivity contribution in [2.24, 2.45) is 11.8 Å². The molecule has 20 heavy (non-hydrogen) atoms. The predicted molar refractivity (Wildman–Crippen MR) is 88.0 cm³/mol. The number of rotatable bonds is 4. The molecule has 0 N–H and O–H groups in total. The minimum atomic E-state index is 0.698. The highest BCUT2D eigenvalue weighted by Gasteiger charge is 2.11. The molecular weight excluding hydrogens is 244 g/mol. The Bertz CT molecular complexity index is 365. The van der Waals surface area contributed by atoms with Crippen LogP contribution in [0.15, 0.2) is 18.2 Å². The number of aromatic nitrogens is 1. The Morgan fingerprint density at radius 2 is 1.70 bits per heavy atom. The number of aryl methyl sites for hydroxylation is 1. The Hall–Kier alpha value is -0.890. The quantitative estimate of drug-likeness (QED) is 0.814. The fourth-order valence-corrected chi connectivity index (χ4v) is 2.61. The standard InChI is InChI=1S/C10H15N.C8H17N/c1-8(2)7-10-6-4-5-9(3)11-10;1-8(2)7-9-5-3-4-6-9/h4-6,8H,7H2,1-3H3;8H,3-7H2,1-2H3. The minimum absolute atomic E-state index is 0.698. The first-order chi connectivity index (χ1) is 9.47. The van der Waals surface area contributed by atoms with Crippen LogP contribution in [0.25, 0.3) is 0 Å². The number of nitrogens with zero attached hydrogens (tertiary/aromatic N) is 2. The molecule has 1 aliphatic rings. The average Bonchev–Trinajstić information content (AvgIpc) is 2.80. The van der Waals surface area contributed by atoms with E-state index in [0.29, 0.717) is 5.92 Å². The van der Waals surface area contributed by atoms with Gasteiger partial charge in [0.15, 0.2) is 0 Å². The number of likely N-dealkylation sites (tertiary alicyclic amines) is 1. The molecule has 0 atom stereocenters. The molecule has 0 spiro atoms. The molecule has 1 fully saturated rings. The molecule has 2 heteroatoms. The van der Waals surface area contributed by atoms with Gasteiger partial charge in [0.05, 0.1) is 0 Å². The maximum atomic E-state index is 4.41. The molecule has 0 amide bonds. The second-order valence-electron chi connectivity index (χ2n) is 6.77. The first-order valence-electron chi connectivity index (χ1n) is 8.12. The largest absolute Gasteiger partial charge is 0.303 e. The van der Waals surface area contributed by atoms with E-state index < -0.39 is 0 Å². The van der Waals surface area contributed by atoms with Crippen molar-refractivity contribution in [3.05, 3.63) is 29.6 Å². The van der Waals surface area contributed by atoms with Gasteiger partial charge in [-0.3, -0.25) is 4.98 Å². The third kappa shape index (κ3) is 7.64. The van der Waals surface area contributed by atoms with Crippen molar-refractivity contribution in [1.29, 1.82) is 0 Å². The summed E-state index contributed by atoms with van der Waals surface area (Å²) in [6, 6.07) is 6.19. The van der Waals surface area contributed by atoms with E-state index in [1.807, 2.05) is 13.0 Å². The van der Waals surface area contributed by atoms with Crippen molar-refractivity contribution >= 4 is 0 Å². The summed E-state index contributed by atoms with van der Waals surface area (Å²) in [6.07, 6.45) is 3.93. The van der Waals surface area contributed by atoms with Gasteiger partial charge >= 0.3 is 0 Å². The summed E-state index contributed by atoms with van der Waals surface area (Å²) in [5.74, 6) is 1.55. The van der Waals surface area contributed by atoms with Gasteiger partial charge < -0.3 is 4.90 Å². The zero-order valence-electron chi connectivity index (χ0n) is 14.0. The number of hydrogen-bond donors (Lipinski definition) is 0. The van der Waals surface area contributed by atoms with E-state index in [2.05, 4.69) is 49.7 Å². The highest BCUT2D eigenvalue weighted by molar-refractivity contribution is 5.10. The summed E-state index contributed by atoms with van der Waals surface area (Å²) in [6.45, 7) is 15.0. The van der Waals surface area contributed by atoms with E-state index in [9.17, 15) is 0 Å². The van der Waals surface area contributed by atoms with Gasteiger partial charge in [-0.15, -0.1) is 0 Å². The van der Waals surface area contributed by atoms with Gasteiger partial charge in [-0.05, 0) is 63.2 Å². The zero-order valence-corrected chi connectivity index (χ0v) is 14.0. The molecule has 114 valence electrons. The topological polar surface area (TPSA) is 16.1 Å². The molecule has 1 aliphatic heterocycles. The summed E-state index contributed by atoms with van der Waals surface area (Å²) < 4.78 is 0. The molecule has 1 aromatic rings. The lowest BCUT2D eigenvalue weighted by Crippen LogP contribution is -2.23. The van der Waals surface area contributed by atoms with E-state index >= 15 is 0 Å². The molecule has 2 rings (SSSR count). The lowest BCUT2D eigenvalue weighted by Gasteiger charge is -2.16. The van der Waals surface area contributed by atoms with Crippen LogP contribution in [-0.4, -0.2) is 29.5 Å². The van der Waals surface area contributed by atoms with E-state index in [4.69, 9.17) is 0 Å². The average molecular weight is 276 g/mol. The van der Waals surface area contributed by atoms with Gasteiger partial charge in [0, 0.05) is 17.9 Å². The van der Waals surface area contributed by atoms with Crippen molar-refractivity contribution in [2.45, 2.75) is 53.9 Å². The van der Waals surface area contributed by atoms with Crippen molar-refractivity contribution in [3.8, 4) is 0 Å². The molecular formula is C18H32N2. The van der Waals surface area contributed by atoms with Crippen LogP contribution < -0.4 is 0 Å². The predicted octanol–water partition coefficient (Wildman–Crippen LogP) is 4.33. The van der Waals surface area contributed by atoms with Crippen molar-refractivity contribution in [1.82, 2.24) is 9.88 Å². The van der Waals surface area contributed by atoms with Crippen LogP contribution in [0, 0.1) is 18.8 Å². The molecule has 1 aromatic heterocycles. The van der Waals surface area contributed by atoms with Crippen LogP contribution in [-0.2, 0) is 6.42 Å². The molecule has 0 radical (unpaired) electrons. The fourth-order valence-electron chi connectivity index (χ4n) is 2.61. The summed E-state index contributed by atoms with van der Waals surface area (Å²) in [5.41, 5.74) is 2.32. The van der Waals surface area contributed by atoms with Gasteiger partial charge in [-0.25, -0.2) is 0 Å². The van der Waals surface area contributed by atoms with E-state index in [-0.39, 0.29) is 0 Å². The molecule has 2 heterocycles. The number of pyridine rings is 1. The van der Waals surface area contributed by atoms with Crippen LogP contribution in [0.4, 0.5) is 0 Å². The lowest BCUT2D eigenvalue weighted by molar-refractivity contribution is 0.298. The Morgan fingerprint density at radius 1 is 1.05 bits per heavy atom. The molecule has 1 saturated heterocycles. The minimum Gasteiger partial charge on any atom is -0.303 e. The lowest BCUT2D eigenvalue weighted by atomic mass is 10.1. The monoisotopic (exact) mass is 276 g/mol. The van der Waals surface area contributed by atoms with Gasteiger partial charge in [0.2, 0.25) is 0 Å². The zero-order chi connectivity index (χ0) is 15.0. The summed E-state index contributed by atoms with van der Waals surface area (Å²) in [7, 11) is 0. The molecule has 0 aromatic carbocycles. The summed E-state index contributed by atoms with van der Waals surface area (Å²) >= 11 is 0. The first-order valence-corrected chi connectivity index (χ1v) is 8.12. The second kappa shape index (κ2) is 9.12. The van der Waals surface area contributed by atoms with Gasteiger partial charge in [-0.1, -0.05) is 33.8 Å². The Morgan fingerprint density at radius 3 is 2.20 bits per heavy atom. The van der Waals surface area contributed by atoms with Gasteiger partial charge in [-0.2, -0.15) is 0 Å². The molecule has 0 aliphatic carbocycles. The second-order valence-corrected chi connectivity index (χ2v) is 6.77. The molecule has 0 bridgehead atoms. The van der Waals surface area contributed by atoms with Gasteiger partial charge in [0.1, 0.15) is 0 Å². The van der Waals surface area contributed by atoms with Crippen LogP contribution in [0.1, 0.15) is 51.9 Å². The Balaban J connectivity index is 0.000000204. The van der Waals surface area contributed by atoms with Crippen molar-refractivity contribution < 1.29 is 0 Å². The van der Waals surface area contributed by atoms with Crippen LogP contribution >= 0.6 is 0 Å². The van der Waals surface area contributed by atoms with Crippen LogP contribution in [0.3, 0.4) is 0 Å². The molecule has 2 nitrogen and oxygen atoms in total. The summed E-state index contributed by atoms with van der Waals surface area (Å²) in [5, 5.41) is 0. The first kappa shape index (κ1) is 17.2. The molecule has 0 saturated carbocycles. The summed E-state index contributed by atoms with van der Waals surface area (Å²) in [4.78, 5) is 6.97. The third-order valence-electron chi connectivity index (χ3n) is 3.39.